The Kier molecular flexibility index (Phi) is 6.54. The third-order valence-electron chi connectivity index (χ3n) is 1.65. The van der Waals surface area contributed by atoms with Crippen molar-refractivity contribution in [2.24, 2.45) is 0 Å². The summed E-state index contributed by atoms with van der Waals surface area (Å²) in [6.45, 7) is 3.63. The monoisotopic (exact) mass is 187 g/mol. The lowest BCUT2D eigenvalue weighted by atomic mass is 10.3. The van der Waals surface area contributed by atoms with Crippen LogP contribution in [0.15, 0.2) is 0 Å². The summed E-state index contributed by atoms with van der Waals surface area (Å²) in [4.78, 5) is 13.3. The number of likely N-dealkylation sites (N-methyl/N-ethyl adjacent to an activating group) is 1. The maximum Gasteiger partial charge on any atom is 0.221 e. The van der Waals surface area contributed by atoms with Crippen LogP contribution in [0.2, 0.25) is 0 Å². The lowest BCUT2D eigenvalue weighted by Gasteiger charge is -2.18. The molecule has 2 N–H and O–H groups in total. The molecule has 1 unspecified atom stereocenters. The normalized spacial score (nSPS) is 13.0. The van der Waals surface area contributed by atoms with E-state index in [1.165, 1.54) is 0 Å². The highest BCUT2D eigenvalue weighted by atomic mass is 16.1. The van der Waals surface area contributed by atoms with Crippen LogP contribution >= 0.6 is 0 Å². The Balaban J connectivity index is 3.53. The van der Waals surface area contributed by atoms with Gasteiger partial charge in [-0.1, -0.05) is 0 Å². The van der Waals surface area contributed by atoms with Crippen LogP contribution in [-0.2, 0) is 4.79 Å². The van der Waals surface area contributed by atoms with Gasteiger partial charge < -0.3 is 15.5 Å². The van der Waals surface area contributed by atoms with Crippen molar-refractivity contribution < 1.29 is 4.79 Å². The minimum Gasteiger partial charge on any atom is -0.352 e. The van der Waals surface area contributed by atoms with E-state index in [9.17, 15) is 4.79 Å². The van der Waals surface area contributed by atoms with Crippen LogP contribution in [0.5, 0.6) is 0 Å². The lowest BCUT2D eigenvalue weighted by Crippen LogP contribution is -2.40. The van der Waals surface area contributed by atoms with E-state index in [1.54, 1.807) is 0 Å². The highest BCUT2D eigenvalue weighted by Crippen LogP contribution is 1.86. The summed E-state index contributed by atoms with van der Waals surface area (Å²) in [6, 6.07) is 0.222. The maximum absolute atomic E-state index is 11.2. The summed E-state index contributed by atoms with van der Waals surface area (Å²) in [5, 5.41) is 5.87. The SMILES string of the molecule is CNCCC(=O)NC(C)CN(C)C. The average Bonchev–Trinajstić information content (AvgIpc) is 1.98. The van der Waals surface area contributed by atoms with Gasteiger partial charge in [0.05, 0.1) is 0 Å². The predicted molar refractivity (Wildman–Crippen MR) is 54.7 cm³/mol. The number of nitrogens with one attached hydrogen (secondary N) is 2. The summed E-state index contributed by atoms with van der Waals surface area (Å²) in [5.41, 5.74) is 0. The molecule has 0 saturated carbocycles. The molecule has 0 aromatic carbocycles. The van der Waals surface area contributed by atoms with Crippen molar-refractivity contribution in [1.29, 1.82) is 0 Å². The van der Waals surface area contributed by atoms with Gasteiger partial charge in [0.25, 0.3) is 0 Å². The van der Waals surface area contributed by atoms with Crippen molar-refractivity contribution in [3.8, 4) is 0 Å². The fraction of sp³-hybridized carbons (Fsp3) is 0.889. The van der Waals surface area contributed by atoms with Gasteiger partial charge in [-0.3, -0.25) is 4.79 Å². The van der Waals surface area contributed by atoms with E-state index >= 15 is 0 Å². The van der Waals surface area contributed by atoms with Gasteiger partial charge in [-0.2, -0.15) is 0 Å². The molecule has 1 amide bonds. The highest BCUT2D eigenvalue weighted by molar-refractivity contribution is 5.76. The van der Waals surface area contributed by atoms with Gasteiger partial charge in [0.2, 0.25) is 5.91 Å². The van der Waals surface area contributed by atoms with Crippen LogP contribution in [0.4, 0.5) is 0 Å². The summed E-state index contributed by atoms with van der Waals surface area (Å²) in [6.07, 6.45) is 0.550. The van der Waals surface area contributed by atoms with E-state index in [4.69, 9.17) is 0 Å². The van der Waals surface area contributed by atoms with Gasteiger partial charge in [-0.25, -0.2) is 0 Å². The van der Waals surface area contributed by atoms with Crippen molar-refractivity contribution in [3.05, 3.63) is 0 Å². The lowest BCUT2D eigenvalue weighted by molar-refractivity contribution is -0.121. The molecule has 0 spiro atoms. The first-order valence-corrected chi connectivity index (χ1v) is 4.65. The maximum atomic E-state index is 11.2. The smallest absolute Gasteiger partial charge is 0.221 e. The zero-order chi connectivity index (χ0) is 10.3. The highest BCUT2D eigenvalue weighted by Gasteiger charge is 2.06. The Morgan fingerprint density at radius 1 is 1.46 bits per heavy atom. The minimum atomic E-state index is 0.115. The molecule has 0 bridgehead atoms. The Morgan fingerprint density at radius 2 is 2.08 bits per heavy atom. The number of amides is 1. The molecule has 0 heterocycles. The van der Waals surface area contributed by atoms with Crippen molar-refractivity contribution in [1.82, 2.24) is 15.5 Å². The molecular formula is C9H21N3O. The molecule has 0 saturated heterocycles. The number of rotatable bonds is 6. The van der Waals surface area contributed by atoms with Crippen LogP contribution in [-0.4, -0.2) is 51.1 Å². The van der Waals surface area contributed by atoms with Gasteiger partial charge >= 0.3 is 0 Å². The van der Waals surface area contributed by atoms with E-state index in [0.29, 0.717) is 6.42 Å². The van der Waals surface area contributed by atoms with Crippen LogP contribution in [0.1, 0.15) is 13.3 Å². The van der Waals surface area contributed by atoms with Crippen molar-refractivity contribution >= 4 is 5.91 Å². The van der Waals surface area contributed by atoms with Crippen LogP contribution in [0.3, 0.4) is 0 Å². The molecule has 0 radical (unpaired) electrons. The molecule has 0 aromatic heterocycles. The standard InChI is InChI=1S/C9H21N3O/c1-8(7-12(3)4)11-9(13)5-6-10-2/h8,10H,5-7H2,1-4H3,(H,11,13). The van der Waals surface area contributed by atoms with E-state index < -0.39 is 0 Å². The van der Waals surface area contributed by atoms with Crippen molar-refractivity contribution in [3.63, 3.8) is 0 Å². The van der Waals surface area contributed by atoms with Crippen LogP contribution < -0.4 is 10.6 Å². The van der Waals surface area contributed by atoms with E-state index in [0.717, 1.165) is 13.1 Å². The largest absolute Gasteiger partial charge is 0.352 e. The summed E-state index contributed by atoms with van der Waals surface area (Å²) >= 11 is 0. The number of nitrogens with zero attached hydrogens (tertiary/aromatic N) is 1. The van der Waals surface area contributed by atoms with Gasteiger partial charge in [0.15, 0.2) is 0 Å². The Labute approximate surface area is 80.7 Å². The molecular weight excluding hydrogens is 166 g/mol. The van der Waals surface area contributed by atoms with Crippen molar-refractivity contribution in [2.45, 2.75) is 19.4 Å². The third-order valence-corrected chi connectivity index (χ3v) is 1.65. The van der Waals surface area contributed by atoms with Crippen molar-refractivity contribution in [2.75, 3.05) is 34.2 Å². The Bertz CT molecular complexity index is 148. The zero-order valence-electron chi connectivity index (χ0n) is 9.05. The second-order valence-corrected chi connectivity index (χ2v) is 3.58. The molecule has 0 aliphatic carbocycles. The summed E-state index contributed by atoms with van der Waals surface area (Å²) in [7, 11) is 5.84. The predicted octanol–water partition coefficient (Wildman–Crippen LogP) is -0.338. The first-order valence-electron chi connectivity index (χ1n) is 4.65. The molecule has 4 nitrogen and oxygen atoms in total. The molecule has 78 valence electrons. The minimum absolute atomic E-state index is 0.115. The number of carbonyl (C=O) groups excluding carboxylic acids is 1. The second kappa shape index (κ2) is 6.86. The zero-order valence-corrected chi connectivity index (χ0v) is 9.05. The fourth-order valence-corrected chi connectivity index (χ4v) is 1.18. The van der Waals surface area contributed by atoms with Gasteiger partial charge in [-0.05, 0) is 28.1 Å². The van der Waals surface area contributed by atoms with Crippen LogP contribution in [0, 0.1) is 0 Å². The summed E-state index contributed by atoms with van der Waals surface area (Å²) in [5.74, 6) is 0.115. The molecule has 4 heteroatoms. The quantitative estimate of drug-likeness (QED) is 0.598. The first kappa shape index (κ1) is 12.4. The molecule has 0 aliphatic heterocycles. The number of carbonyl (C=O) groups is 1. The van der Waals surface area contributed by atoms with Crippen LogP contribution in [0.25, 0.3) is 0 Å². The second-order valence-electron chi connectivity index (χ2n) is 3.58. The molecule has 0 aromatic rings. The van der Waals surface area contributed by atoms with Gasteiger partial charge in [0.1, 0.15) is 0 Å². The van der Waals surface area contributed by atoms with Gasteiger partial charge in [0, 0.05) is 25.6 Å². The Hall–Kier alpha value is -0.610. The van der Waals surface area contributed by atoms with Gasteiger partial charge in [-0.15, -0.1) is 0 Å². The van der Waals surface area contributed by atoms with E-state index in [-0.39, 0.29) is 11.9 Å². The topological polar surface area (TPSA) is 44.4 Å². The number of hydrogen-bond acceptors (Lipinski definition) is 3. The molecule has 0 rings (SSSR count). The summed E-state index contributed by atoms with van der Waals surface area (Å²) < 4.78 is 0. The first-order chi connectivity index (χ1) is 6.06. The number of hydrogen-bond donors (Lipinski definition) is 2. The molecule has 0 fully saturated rings. The fourth-order valence-electron chi connectivity index (χ4n) is 1.18. The molecule has 13 heavy (non-hydrogen) atoms. The van der Waals surface area contributed by atoms with E-state index in [1.807, 2.05) is 28.1 Å². The average molecular weight is 187 g/mol. The molecule has 0 aliphatic rings. The third kappa shape index (κ3) is 7.74. The Morgan fingerprint density at radius 3 is 2.54 bits per heavy atom. The molecule has 1 atom stereocenters. The van der Waals surface area contributed by atoms with E-state index in [2.05, 4.69) is 15.5 Å².